The predicted octanol–water partition coefficient (Wildman–Crippen LogP) is 4.34. The fourth-order valence-electron chi connectivity index (χ4n) is 4.19. The molecule has 0 unspecified atom stereocenters. The summed E-state index contributed by atoms with van der Waals surface area (Å²) >= 11 is 0. The number of ether oxygens (including phenoxy) is 2. The predicted molar refractivity (Wildman–Crippen MR) is 135 cm³/mol. The maximum absolute atomic E-state index is 14.0. The highest BCUT2D eigenvalue weighted by Crippen LogP contribution is 2.34. The van der Waals surface area contributed by atoms with Crippen molar-refractivity contribution in [3.05, 3.63) is 90.0 Å². The molecule has 35 heavy (non-hydrogen) atoms. The molecule has 0 atom stereocenters. The van der Waals surface area contributed by atoms with Gasteiger partial charge in [0.15, 0.2) is 0 Å². The van der Waals surface area contributed by atoms with Crippen molar-refractivity contribution in [3.8, 4) is 5.75 Å². The van der Waals surface area contributed by atoms with Crippen molar-refractivity contribution in [2.45, 2.75) is 30.8 Å². The zero-order valence-corrected chi connectivity index (χ0v) is 21.0. The number of methoxy groups -OCH3 is 1. The van der Waals surface area contributed by atoms with Gasteiger partial charge >= 0.3 is 0 Å². The molecule has 0 aromatic heterocycles. The van der Waals surface area contributed by atoms with Crippen LogP contribution in [0, 0.1) is 0 Å². The Morgan fingerprint density at radius 3 is 2.46 bits per heavy atom. The Morgan fingerprint density at radius 2 is 1.74 bits per heavy atom. The second-order valence-electron chi connectivity index (χ2n) is 9.02. The van der Waals surface area contributed by atoms with Crippen molar-refractivity contribution in [2.24, 2.45) is 0 Å². The summed E-state index contributed by atoms with van der Waals surface area (Å²) in [5.74, 6) is 0.219. The van der Waals surface area contributed by atoms with E-state index < -0.39 is 15.6 Å². The first-order valence-electron chi connectivity index (χ1n) is 11.4. The summed E-state index contributed by atoms with van der Waals surface area (Å²) in [6, 6.07) is 22.6. The smallest absolute Gasteiger partial charge is 0.264 e. The van der Waals surface area contributed by atoms with E-state index in [0.717, 1.165) is 5.56 Å². The Morgan fingerprint density at radius 1 is 1.03 bits per heavy atom. The number of benzene rings is 3. The summed E-state index contributed by atoms with van der Waals surface area (Å²) < 4.78 is 40.4. The van der Waals surface area contributed by atoms with Crippen LogP contribution in [0.5, 0.6) is 5.75 Å². The number of anilines is 1. The number of amides is 1. The maximum Gasteiger partial charge on any atom is 0.264 e. The van der Waals surface area contributed by atoms with E-state index in [9.17, 15) is 13.2 Å². The van der Waals surface area contributed by atoms with E-state index in [2.05, 4.69) is 0 Å². The van der Waals surface area contributed by atoms with Gasteiger partial charge in [-0.2, -0.15) is 0 Å². The van der Waals surface area contributed by atoms with Crippen LogP contribution >= 0.6 is 0 Å². The van der Waals surface area contributed by atoms with Gasteiger partial charge in [-0.15, -0.1) is 0 Å². The number of para-hydroxylation sites is 2. The lowest BCUT2D eigenvalue weighted by Crippen LogP contribution is -2.55. The van der Waals surface area contributed by atoms with E-state index in [1.807, 2.05) is 44.2 Å². The average Bonchev–Trinajstić information content (AvgIpc) is 2.87. The van der Waals surface area contributed by atoms with Crippen LogP contribution < -0.4 is 9.04 Å². The van der Waals surface area contributed by atoms with E-state index in [1.165, 1.54) is 23.5 Å². The number of rotatable bonds is 7. The summed E-state index contributed by atoms with van der Waals surface area (Å²) in [7, 11) is -2.53. The molecule has 3 aromatic carbocycles. The number of sulfonamides is 1. The van der Waals surface area contributed by atoms with Crippen LogP contribution in [0.4, 0.5) is 5.69 Å². The number of carbonyl (C=O) groups is 1. The van der Waals surface area contributed by atoms with E-state index >= 15 is 0 Å². The van der Waals surface area contributed by atoms with Gasteiger partial charge in [-0.1, -0.05) is 48.5 Å². The molecule has 0 radical (unpaired) electrons. The zero-order chi connectivity index (χ0) is 25.1. The second kappa shape index (κ2) is 10.1. The minimum Gasteiger partial charge on any atom is -0.495 e. The van der Waals surface area contributed by atoms with Gasteiger partial charge in [-0.05, 0) is 49.7 Å². The van der Waals surface area contributed by atoms with Gasteiger partial charge in [0.05, 0.1) is 43.0 Å². The molecular formula is C27H30N2O5S. The Hall–Kier alpha value is -3.36. The number of nitrogens with zero attached hydrogens (tertiary/aromatic N) is 2. The Labute approximate surface area is 206 Å². The summed E-state index contributed by atoms with van der Waals surface area (Å²) in [5, 5.41) is 0. The first kappa shape index (κ1) is 24.8. The SMILES string of the molecule is COc1ccccc1N(Cc1ccccc1)S(=O)(=O)c1cccc(C(=O)N2CCOCC2(C)C)c1. The molecule has 1 aliphatic rings. The second-order valence-corrected chi connectivity index (χ2v) is 10.9. The number of hydrogen-bond acceptors (Lipinski definition) is 5. The van der Waals surface area contributed by atoms with Gasteiger partial charge in [-0.25, -0.2) is 8.42 Å². The lowest BCUT2D eigenvalue weighted by molar-refractivity contribution is -0.0370. The number of carbonyl (C=O) groups excluding carboxylic acids is 1. The van der Waals surface area contributed by atoms with Crippen LogP contribution in [0.15, 0.2) is 83.8 Å². The van der Waals surface area contributed by atoms with Crippen LogP contribution in [0.1, 0.15) is 29.8 Å². The van der Waals surface area contributed by atoms with Crippen LogP contribution in [-0.4, -0.2) is 51.6 Å². The molecule has 0 aliphatic carbocycles. The third-order valence-corrected chi connectivity index (χ3v) is 7.84. The highest BCUT2D eigenvalue weighted by Gasteiger charge is 2.35. The molecule has 0 N–H and O–H groups in total. The van der Waals surface area contributed by atoms with E-state index in [1.54, 1.807) is 41.3 Å². The molecule has 3 aromatic rings. The first-order chi connectivity index (χ1) is 16.7. The normalized spacial score (nSPS) is 15.5. The monoisotopic (exact) mass is 494 g/mol. The highest BCUT2D eigenvalue weighted by atomic mass is 32.2. The fraction of sp³-hybridized carbons (Fsp3) is 0.296. The van der Waals surface area contributed by atoms with Crippen molar-refractivity contribution in [2.75, 3.05) is 31.2 Å². The summed E-state index contributed by atoms with van der Waals surface area (Å²) in [5.41, 5.74) is 1.08. The summed E-state index contributed by atoms with van der Waals surface area (Å²) in [6.45, 7) is 5.31. The van der Waals surface area contributed by atoms with Crippen molar-refractivity contribution >= 4 is 21.6 Å². The number of hydrogen-bond donors (Lipinski definition) is 0. The topological polar surface area (TPSA) is 76.2 Å². The highest BCUT2D eigenvalue weighted by molar-refractivity contribution is 7.92. The van der Waals surface area contributed by atoms with Gasteiger partial charge in [0.2, 0.25) is 0 Å². The molecule has 7 nitrogen and oxygen atoms in total. The Balaban J connectivity index is 1.75. The van der Waals surface area contributed by atoms with Gasteiger partial charge in [0, 0.05) is 12.1 Å². The van der Waals surface area contributed by atoms with Crippen molar-refractivity contribution < 1.29 is 22.7 Å². The van der Waals surface area contributed by atoms with Crippen LogP contribution in [-0.2, 0) is 21.3 Å². The lowest BCUT2D eigenvalue weighted by atomic mass is 10.0. The molecule has 4 rings (SSSR count). The Bertz CT molecular complexity index is 1290. The third kappa shape index (κ3) is 5.18. The number of morpholine rings is 1. The van der Waals surface area contributed by atoms with Crippen molar-refractivity contribution in [1.29, 1.82) is 0 Å². The molecule has 1 aliphatic heterocycles. The van der Waals surface area contributed by atoms with Crippen LogP contribution in [0.2, 0.25) is 0 Å². The van der Waals surface area contributed by atoms with Crippen LogP contribution in [0.3, 0.4) is 0 Å². The molecule has 8 heteroatoms. The van der Waals surface area contributed by atoms with E-state index in [4.69, 9.17) is 9.47 Å². The molecule has 184 valence electrons. The lowest BCUT2D eigenvalue weighted by Gasteiger charge is -2.42. The third-order valence-electron chi connectivity index (χ3n) is 6.08. The van der Waals surface area contributed by atoms with Crippen LogP contribution in [0.25, 0.3) is 0 Å². The van der Waals surface area contributed by atoms with Gasteiger partial charge < -0.3 is 14.4 Å². The minimum atomic E-state index is -4.04. The molecule has 0 bridgehead atoms. The molecule has 0 saturated carbocycles. The molecule has 1 heterocycles. The Kier molecular flexibility index (Phi) is 7.14. The van der Waals surface area contributed by atoms with Crippen molar-refractivity contribution in [1.82, 2.24) is 4.90 Å². The first-order valence-corrected chi connectivity index (χ1v) is 12.9. The largest absolute Gasteiger partial charge is 0.495 e. The van der Waals surface area contributed by atoms with Crippen molar-refractivity contribution in [3.63, 3.8) is 0 Å². The molecule has 1 fully saturated rings. The minimum absolute atomic E-state index is 0.0382. The molecular weight excluding hydrogens is 464 g/mol. The molecule has 1 saturated heterocycles. The van der Waals surface area contributed by atoms with E-state index in [-0.39, 0.29) is 17.3 Å². The fourth-order valence-corrected chi connectivity index (χ4v) is 5.70. The standard InChI is InChI=1S/C27H30N2O5S/c1-27(2)20-34-17-16-28(27)26(30)22-12-9-13-23(18-22)35(31,32)29(19-21-10-5-4-6-11-21)24-14-7-8-15-25(24)33-3/h4-15,18H,16-17,19-20H2,1-3H3. The molecule has 1 amide bonds. The zero-order valence-electron chi connectivity index (χ0n) is 20.2. The molecule has 0 spiro atoms. The van der Waals surface area contributed by atoms with E-state index in [0.29, 0.717) is 36.8 Å². The van der Waals surface area contributed by atoms with Gasteiger partial charge in [0.1, 0.15) is 5.75 Å². The average molecular weight is 495 g/mol. The summed E-state index contributed by atoms with van der Waals surface area (Å²) in [4.78, 5) is 15.1. The summed E-state index contributed by atoms with van der Waals surface area (Å²) in [6.07, 6.45) is 0. The van der Waals surface area contributed by atoms with Gasteiger partial charge in [-0.3, -0.25) is 9.10 Å². The quantitative estimate of drug-likeness (QED) is 0.488. The van der Waals surface area contributed by atoms with Gasteiger partial charge in [0.25, 0.3) is 15.9 Å². The maximum atomic E-state index is 14.0.